The van der Waals surface area contributed by atoms with E-state index in [2.05, 4.69) is 41.0 Å². The second-order valence-electron chi connectivity index (χ2n) is 9.77. The molecule has 0 radical (unpaired) electrons. The van der Waals surface area contributed by atoms with Crippen molar-refractivity contribution in [2.24, 2.45) is 5.92 Å². The summed E-state index contributed by atoms with van der Waals surface area (Å²) in [5.74, 6) is 0.381. The van der Waals surface area contributed by atoms with E-state index >= 15 is 0 Å². The molecule has 1 N–H and O–H groups in total. The summed E-state index contributed by atoms with van der Waals surface area (Å²) in [6.45, 7) is 7.02. The van der Waals surface area contributed by atoms with Crippen LogP contribution < -0.4 is 4.90 Å². The van der Waals surface area contributed by atoms with Crippen LogP contribution in [0.3, 0.4) is 0 Å². The number of fused-ring (bicyclic) bond motifs is 1. The first-order chi connectivity index (χ1) is 14.2. The van der Waals surface area contributed by atoms with E-state index in [4.69, 9.17) is 0 Å². The number of β-amino-alcohol motifs (C(OH)–C–C–N with tert-alkyl or cyclic N) is 1. The smallest absolute Gasteiger partial charge is 0.211 e. The van der Waals surface area contributed by atoms with Crippen LogP contribution in [0.5, 0.6) is 0 Å². The van der Waals surface area contributed by atoms with Crippen LogP contribution in [0.25, 0.3) is 0 Å². The molecule has 0 saturated carbocycles. The number of piperidine rings is 2. The van der Waals surface area contributed by atoms with Gasteiger partial charge in [-0.3, -0.25) is 0 Å². The van der Waals surface area contributed by atoms with Gasteiger partial charge in [0.15, 0.2) is 0 Å². The standard InChI is InChI=1S/C23H37N3O3S/c1-19-6-5-8-21(16-19)25-14-10-23(27,11-15-25)18-24-13-9-22-20(17-24)7-3-4-12-26(22)30(2,28)29/h5-6,8,16,20,22,27H,3-4,7,9-15,17-18H2,1-2H3/t20-,22+/m0/s1. The number of aryl methyl sites for hydroxylation is 1. The molecule has 4 rings (SSSR count). The Balaban J connectivity index is 1.35. The number of sulfonamides is 1. The van der Waals surface area contributed by atoms with Crippen LogP contribution in [-0.2, 0) is 10.0 Å². The maximum Gasteiger partial charge on any atom is 0.211 e. The molecule has 3 aliphatic rings. The third-order valence-electron chi connectivity index (χ3n) is 7.36. The van der Waals surface area contributed by atoms with Crippen molar-refractivity contribution in [2.75, 3.05) is 50.4 Å². The summed E-state index contributed by atoms with van der Waals surface area (Å²) in [7, 11) is -3.15. The number of nitrogens with zero attached hydrogens (tertiary/aromatic N) is 3. The second kappa shape index (κ2) is 8.77. The molecule has 0 amide bonds. The highest BCUT2D eigenvalue weighted by molar-refractivity contribution is 7.88. The average molecular weight is 436 g/mol. The predicted molar refractivity (Wildman–Crippen MR) is 121 cm³/mol. The molecular weight excluding hydrogens is 398 g/mol. The Kier molecular flexibility index (Phi) is 6.45. The molecule has 0 bridgehead atoms. The van der Waals surface area contributed by atoms with Crippen molar-refractivity contribution in [1.82, 2.24) is 9.21 Å². The van der Waals surface area contributed by atoms with E-state index < -0.39 is 15.6 Å². The van der Waals surface area contributed by atoms with Gasteiger partial charge in [-0.05, 0) is 69.2 Å². The SMILES string of the molecule is Cc1cccc(N2CCC(O)(CN3CC[C@@H]4[C@@H](CCCCN4S(C)(=O)=O)C3)CC2)c1. The van der Waals surface area contributed by atoms with Gasteiger partial charge < -0.3 is 14.9 Å². The lowest BCUT2D eigenvalue weighted by molar-refractivity contribution is -0.0316. The van der Waals surface area contributed by atoms with Crippen molar-refractivity contribution < 1.29 is 13.5 Å². The lowest BCUT2D eigenvalue weighted by atomic mass is 9.86. The molecule has 6 nitrogen and oxygen atoms in total. The van der Waals surface area contributed by atoms with Gasteiger partial charge in [0, 0.05) is 44.5 Å². The third-order valence-corrected chi connectivity index (χ3v) is 8.66. The van der Waals surface area contributed by atoms with Crippen molar-refractivity contribution in [3.63, 3.8) is 0 Å². The number of hydrogen-bond donors (Lipinski definition) is 1. The Morgan fingerprint density at radius 3 is 2.57 bits per heavy atom. The van der Waals surface area contributed by atoms with E-state index in [1.807, 2.05) is 0 Å². The van der Waals surface area contributed by atoms with Crippen molar-refractivity contribution in [3.8, 4) is 0 Å². The van der Waals surface area contributed by atoms with Crippen LogP contribution in [0.4, 0.5) is 5.69 Å². The fourth-order valence-electron chi connectivity index (χ4n) is 5.73. The third kappa shape index (κ3) is 5.01. The lowest BCUT2D eigenvalue weighted by Crippen LogP contribution is -2.56. The van der Waals surface area contributed by atoms with Crippen molar-refractivity contribution in [3.05, 3.63) is 29.8 Å². The maximum absolute atomic E-state index is 12.3. The van der Waals surface area contributed by atoms with Gasteiger partial charge in [0.1, 0.15) is 0 Å². The van der Waals surface area contributed by atoms with Crippen LogP contribution in [0, 0.1) is 12.8 Å². The minimum Gasteiger partial charge on any atom is -0.388 e. The molecule has 2 atom stereocenters. The Labute approximate surface area is 181 Å². The molecule has 0 spiro atoms. The maximum atomic E-state index is 12.3. The van der Waals surface area contributed by atoms with Gasteiger partial charge in [0.25, 0.3) is 0 Å². The first kappa shape index (κ1) is 22.1. The molecule has 0 aliphatic carbocycles. The van der Waals surface area contributed by atoms with Crippen molar-refractivity contribution in [1.29, 1.82) is 0 Å². The van der Waals surface area contributed by atoms with E-state index in [-0.39, 0.29) is 6.04 Å². The largest absolute Gasteiger partial charge is 0.388 e. The molecule has 7 heteroatoms. The summed E-state index contributed by atoms with van der Waals surface area (Å²) in [6.07, 6.45) is 6.93. The molecule has 3 fully saturated rings. The summed E-state index contributed by atoms with van der Waals surface area (Å²) < 4.78 is 26.3. The van der Waals surface area contributed by atoms with E-state index in [0.29, 0.717) is 19.0 Å². The first-order valence-electron chi connectivity index (χ1n) is 11.5. The van der Waals surface area contributed by atoms with Crippen molar-refractivity contribution >= 4 is 15.7 Å². The topological polar surface area (TPSA) is 64.1 Å². The number of likely N-dealkylation sites (tertiary alicyclic amines) is 1. The van der Waals surface area contributed by atoms with Gasteiger partial charge in [0.2, 0.25) is 10.0 Å². The van der Waals surface area contributed by atoms with E-state index in [1.54, 1.807) is 4.31 Å². The highest BCUT2D eigenvalue weighted by Crippen LogP contribution is 2.34. The Morgan fingerprint density at radius 2 is 1.87 bits per heavy atom. The van der Waals surface area contributed by atoms with Crippen LogP contribution in [-0.4, -0.2) is 79.9 Å². The fraction of sp³-hybridized carbons (Fsp3) is 0.739. The zero-order chi connectivity index (χ0) is 21.4. The quantitative estimate of drug-likeness (QED) is 0.787. The molecule has 168 valence electrons. The zero-order valence-electron chi connectivity index (χ0n) is 18.5. The minimum atomic E-state index is -3.15. The molecule has 0 unspecified atom stereocenters. The highest BCUT2D eigenvalue weighted by atomic mass is 32.2. The highest BCUT2D eigenvalue weighted by Gasteiger charge is 2.41. The van der Waals surface area contributed by atoms with Gasteiger partial charge >= 0.3 is 0 Å². The minimum absolute atomic E-state index is 0.136. The Bertz CT molecular complexity index is 836. The van der Waals surface area contributed by atoms with Crippen molar-refractivity contribution in [2.45, 2.75) is 57.1 Å². The van der Waals surface area contributed by atoms with Crippen LogP contribution >= 0.6 is 0 Å². The zero-order valence-corrected chi connectivity index (χ0v) is 19.3. The average Bonchev–Trinajstić information content (AvgIpc) is 2.90. The number of hydrogen-bond acceptors (Lipinski definition) is 5. The molecular formula is C23H37N3O3S. The van der Waals surface area contributed by atoms with Crippen LogP contribution in [0.1, 0.15) is 44.1 Å². The van der Waals surface area contributed by atoms with E-state index in [0.717, 1.165) is 64.7 Å². The van der Waals surface area contributed by atoms with Gasteiger partial charge in [-0.15, -0.1) is 0 Å². The summed E-state index contributed by atoms with van der Waals surface area (Å²) in [5.41, 5.74) is 1.87. The molecule has 3 saturated heterocycles. The summed E-state index contributed by atoms with van der Waals surface area (Å²) in [4.78, 5) is 4.78. The van der Waals surface area contributed by atoms with E-state index in [1.165, 1.54) is 17.5 Å². The molecule has 30 heavy (non-hydrogen) atoms. The van der Waals surface area contributed by atoms with E-state index in [9.17, 15) is 13.5 Å². The first-order valence-corrected chi connectivity index (χ1v) is 13.3. The molecule has 3 aliphatic heterocycles. The normalized spacial score (nSPS) is 28.7. The number of aliphatic hydroxyl groups is 1. The van der Waals surface area contributed by atoms with Crippen LogP contribution in [0.2, 0.25) is 0 Å². The lowest BCUT2D eigenvalue weighted by Gasteiger charge is -2.46. The summed E-state index contributed by atoms with van der Waals surface area (Å²) in [5, 5.41) is 11.3. The molecule has 0 aromatic heterocycles. The van der Waals surface area contributed by atoms with Crippen LogP contribution in [0.15, 0.2) is 24.3 Å². The Hall–Kier alpha value is -1.15. The summed E-state index contributed by atoms with van der Waals surface area (Å²) >= 11 is 0. The molecule has 1 aromatic carbocycles. The second-order valence-corrected chi connectivity index (χ2v) is 11.7. The fourth-order valence-corrected chi connectivity index (χ4v) is 6.96. The van der Waals surface area contributed by atoms with Gasteiger partial charge in [-0.25, -0.2) is 8.42 Å². The monoisotopic (exact) mass is 435 g/mol. The van der Waals surface area contributed by atoms with Gasteiger partial charge in [0.05, 0.1) is 11.9 Å². The summed E-state index contributed by atoms with van der Waals surface area (Å²) in [6, 6.07) is 8.72. The molecule has 1 aromatic rings. The van der Waals surface area contributed by atoms with Gasteiger partial charge in [-0.2, -0.15) is 4.31 Å². The predicted octanol–water partition coefficient (Wildman–Crippen LogP) is 2.46. The number of rotatable bonds is 4. The van der Waals surface area contributed by atoms with Gasteiger partial charge in [-0.1, -0.05) is 18.6 Å². The Morgan fingerprint density at radius 1 is 1.10 bits per heavy atom. The number of anilines is 1. The molecule has 3 heterocycles. The number of benzene rings is 1.